The number of fused-ring (bicyclic) bond motifs is 1. The Labute approximate surface area is 202 Å². The van der Waals surface area contributed by atoms with Gasteiger partial charge >= 0.3 is 5.97 Å². The minimum atomic E-state index is -1.57. The van der Waals surface area contributed by atoms with Crippen molar-refractivity contribution in [3.8, 4) is 5.75 Å². The molecule has 182 valence electrons. The molecule has 12 heteroatoms. The largest absolute Gasteiger partial charge is 0.484 e. The van der Waals surface area contributed by atoms with Crippen LogP contribution in [0.25, 0.3) is 0 Å². The van der Waals surface area contributed by atoms with Crippen molar-refractivity contribution in [3.05, 3.63) is 82.4 Å². The van der Waals surface area contributed by atoms with Crippen LogP contribution in [-0.2, 0) is 36.5 Å². The first-order chi connectivity index (χ1) is 16.8. The third-order valence-electron chi connectivity index (χ3n) is 5.52. The van der Waals surface area contributed by atoms with E-state index in [1.165, 1.54) is 24.3 Å². The highest BCUT2D eigenvalue weighted by Gasteiger charge is 2.59. The summed E-state index contributed by atoms with van der Waals surface area (Å²) in [6.45, 7) is 3.28. The zero-order valence-electron chi connectivity index (χ0n) is 18.3. The number of carbonyl (C=O) groups is 3. The van der Waals surface area contributed by atoms with Gasteiger partial charge in [0, 0.05) is 17.9 Å². The highest BCUT2D eigenvalue weighted by atomic mass is 32.2. The van der Waals surface area contributed by atoms with Crippen LogP contribution >= 0.6 is 0 Å². The second-order valence-corrected chi connectivity index (χ2v) is 9.43. The van der Waals surface area contributed by atoms with Crippen molar-refractivity contribution in [3.63, 3.8) is 0 Å². The van der Waals surface area contributed by atoms with Gasteiger partial charge in [0.2, 0.25) is 5.91 Å². The van der Waals surface area contributed by atoms with Gasteiger partial charge in [0.15, 0.2) is 12.6 Å². The summed E-state index contributed by atoms with van der Waals surface area (Å²) in [4.78, 5) is 49.2. The lowest BCUT2D eigenvalue weighted by molar-refractivity contribution is -0.384. The minimum absolute atomic E-state index is 0.0291. The lowest BCUT2D eigenvalue weighted by Crippen LogP contribution is -2.77. The van der Waals surface area contributed by atoms with Crippen molar-refractivity contribution >= 4 is 34.3 Å². The monoisotopic (exact) mass is 499 g/mol. The van der Waals surface area contributed by atoms with E-state index in [9.17, 15) is 28.7 Å². The number of benzene rings is 2. The first-order valence-electron chi connectivity index (χ1n) is 10.5. The first kappa shape index (κ1) is 24.1. The van der Waals surface area contributed by atoms with Gasteiger partial charge in [0.1, 0.15) is 23.8 Å². The molecule has 0 aliphatic carbocycles. The number of ether oxygens (including phenoxy) is 2. The van der Waals surface area contributed by atoms with Gasteiger partial charge in [-0.25, -0.2) is 4.79 Å². The summed E-state index contributed by atoms with van der Waals surface area (Å²) in [5.74, 6) is -1.45. The molecule has 2 aliphatic rings. The zero-order chi connectivity index (χ0) is 25.1. The summed E-state index contributed by atoms with van der Waals surface area (Å²) in [5.41, 5.74) is 0.683. The van der Waals surface area contributed by atoms with Crippen LogP contribution in [0, 0.1) is 10.1 Å². The highest BCUT2D eigenvalue weighted by molar-refractivity contribution is 7.86. The molecule has 0 radical (unpaired) electrons. The third-order valence-corrected chi connectivity index (χ3v) is 7.22. The zero-order valence-corrected chi connectivity index (χ0v) is 19.1. The topological polar surface area (TPSA) is 145 Å². The summed E-state index contributed by atoms with van der Waals surface area (Å²) in [6, 6.07) is 11.9. The Morgan fingerprint density at radius 1 is 1.17 bits per heavy atom. The van der Waals surface area contributed by atoms with Gasteiger partial charge in [-0.3, -0.25) is 23.9 Å². The SMILES string of the molecule is C=C1CS(=O)C2C(NC(=O)COc3ccccc3)C(=O)N2C1C(=O)OCc1ccc([N+](=O)[O-])cc1. The molecule has 0 saturated carbocycles. The Balaban J connectivity index is 1.36. The number of para-hydroxylation sites is 1. The fraction of sp³-hybridized carbons (Fsp3) is 0.261. The molecule has 2 amide bonds. The van der Waals surface area contributed by atoms with Gasteiger partial charge in [-0.2, -0.15) is 0 Å². The number of amides is 2. The van der Waals surface area contributed by atoms with E-state index in [-0.39, 0.29) is 30.2 Å². The Bertz CT molecular complexity index is 1200. The van der Waals surface area contributed by atoms with Crippen molar-refractivity contribution < 1.29 is 33.0 Å². The molecule has 2 fully saturated rings. The number of hydrogen-bond acceptors (Lipinski definition) is 8. The maximum atomic E-state index is 12.8. The van der Waals surface area contributed by atoms with Crippen molar-refractivity contribution in [2.45, 2.75) is 24.1 Å². The van der Waals surface area contributed by atoms with Gasteiger partial charge in [-0.15, -0.1) is 0 Å². The number of nitrogens with one attached hydrogen (secondary N) is 1. The third kappa shape index (κ3) is 5.06. The van der Waals surface area contributed by atoms with Crippen LogP contribution in [0.3, 0.4) is 0 Å². The Hall–Kier alpha value is -4.06. The molecule has 0 aromatic heterocycles. The summed E-state index contributed by atoms with van der Waals surface area (Å²) >= 11 is 0. The molecular weight excluding hydrogens is 478 g/mol. The van der Waals surface area contributed by atoms with Gasteiger partial charge < -0.3 is 19.7 Å². The second-order valence-electron chi connectivity index (χ2n) is 7.90. The summed E-state index contributed by atoms with van der Waals surface area (Å²) in [7, 11) is -1.57. The standard InChI is InChI=1S/C23H21N3O8S/c1-14-13-35(32)22-19(24-18(27)12-33-17-5-3-2-4-6-17)21(28)25(22)20(14)23(29)34-11-15-7-9-16(10-8-15)26(30)31/h2-10,19-20,22H,1,11-13H2,(H,24,27). The van der Waals surface area contributed by atoms with Crippen LogP contribution in [0.5, 0.6) is 5.75 Å². The predicted octanol–water partition coefficient (Wildman–Crippen LogP) is 1.06. The van der Waals surface area contributed by atoms with E-state index in [0.29, 0.717) is 11.3 Å². The van der Waals surface area contributed by atoms with Crippen molar-refractivity contribution in [2.75, 3.05) is 12.4 Å². The molecule has 0 spiro atoms. The molecule has 2 aromatic rings. The van der Waals surface area contributed by atoms with Crippen molar-refractivity contribution in [1.29, 1.82) is 0 Å². The Kier molecular flexibility index (Phi) is 6.92. The quantitative estimate of drug-likeness (QED) is 0.187. The van der Waals surface area contributed by atoms with Crippen LogP contribution in [0.4, 0.5) is 5.69 Å². The lowest BCUT2D eigenvalue weighted by atomic mass is 9.98. The number of β-lactam (4-membered cyclic amide) rings is 1. The number of nitro benzene ring substituents is 1. The number of non-ortho nitro benzene ring substituents is 1. The number of esters is 1. The Morgan fingerprint density at radius 3 is 2.51 bits per heavy atom. The normalized spacial score (nSPS) is 23.0. The first-order valence-corrected chi connectivity index (χ1v) is 11.9. The van der Waals surface area contributed by atoms with Gasteiger partial charge in [0.05, 0.1) is 15.7 Å². The van der Waals surface area contributed by atoms with Gasteiger partial charge in [0.25, 0.3) is 11.6 Å². The molecule has 2 aliphatic heterocycles. The van der Waals surface area contributed by atoms with Gasteiger partial charge in [-0.05, 0) is 35.4 Å². The Morgan fingerprint density at radius 2 is 1.86 bits per heavy atom. The van der Waals surface area contributed by atoms with E-state index < -0.39 is 51.0 Å². The van der Waals surface area contributed by atoms with Crippen molar-refractivity contribution in [1.82, 2.24) is 10.2 Å². The van der Waals surface area contributed by atoms with Crippen LogP contribution in [-0.4, -0.2) is 61.6 Å². The van der Waals surface area contributed by atoms with Crippen LogP contribution < -0.4 is 10.1 Å². The average molecular weight is 500 g/mol. The van der Waals surface area contributed by atoms with Crippen molar-refractivity contribution in [2.24, 2.45) is 0 Å². The van der Waals surface area contributed by atoms with E-state index >= 15 is 0 Å². The molecule has 1 N–H and O–H groups in total. The van der Waals surface area contributed by atoms with Gasteiger partial charge in [-0.1, -0.05) is 24.8 Å². The molecule has 4 rings (SSSR count). The molecule has 4 atom stereocenters. The number of nitro groups is 1. The number of nitrogens with zero attached hydrogens (tertiary/aromatic N) is 2. The lowest BCUT2D eigenvalue weighted by Gasteiger charge is -2.52. The summed E-state index contributed by atoms with van der Waals surface area (Å²) < 4.78 is 23.4. The van der Waals surface area contributed by atoms with E-state index in [4.69, 9.17) is 9.47 Å². The van der Waals surface area contributed by atoms with Crippen LogP contribution in [0.15, 0.2) is 66.7 Å². The molecule has 2 aromatic carbocycles. The van der Waals surface area contributed by atoms with E-state index in [0.717, 1.165) is 4.90 Å². The molecule has 11 nitrogen and oxygen atoms in total. The summed E-state index contributed by atoms with van der Waals surface area (Å²) in [5, 5.41) is 12.4. The van der Waals surface area contributed by atoms with Crippen LogP contribution in [0.1, 0.15) is 5.56 Å². The maximum absolute atomic E-state index is 12.8. The number of carbonyl (C=O) groups excluding carboxylic acids is 3. The molecule has 4 unspecified atom stereocenters. The number of hydrogen-bond donors (Lipinski definition) is 1. The number of rotatable bonds is 8. The fourth-order valence-corrected chi connectivity index (χ4v) is 5.49. The summed E-state index contributed by atoms with van der Waals surface area (Å²) in [6.07, 6.45) is 0. The van der Waals surface area contributed by atoms with E-state index in [2.05, 4.69) is 11.9 Å². The molecule has 2 heterocycles. The molecular formula is C23H21N3O8S. The molecule has 0 bridgehead atoms. The fourth-order valence-electron chi connectivity index (χ4n) is 3.82. The van der Waals surface area contributed by atoms with Crippen LogP contribution in [0.2, 0.25) is 0 Å². The van der Waals surface area contributed by atoms with E-state index in [1.807, 2.05) is 0 Å². The molecule has 2 saturated heterocycles. The smallest absolute Gasteiger partial charge is 0.333 e. The predicted molar refractivity (Wildman–Crippen MR) is 123 cm³/mol. The highest BCUT2D eigenvalue weighted by Crippen LogP contribution is 2.34. The maximum Gasteiger partial charge on any atom is 0.333 e. The second kappa shape index (κ2) is 10.1. The minimum Gasteiger partial charge on any atom is -0.484 e. The average Bonchev–Trinajstić information content (AvgIpc) is 2.85. The van der Waals surface area contributed by atoms with E-state index in [1.54, 1.807) is 30.3 Å². The molecule has 35 heavy (non-hydrogen) atoms.